The highest BCUT2D eigenvalue weighted by Gasteiger charge is 2.30. The number of aryl methyl sites for hydroxylation is 1. The minimum absolute atomic E-state index is 0.00463. The first-order valence-corrected chi connectivity index (χ1v) is 25.8. The molecular formula is C55H67FN12O4. The van der Waals surface area contributed by atoms with Crippen molar-refractivity contribution in [1.29, 1.82) is 0 Å². The van der Waals surface area contributed by atoms with Crippen molar-refractivity contribution in [3.8, 4) is 11.1 Å². The predicted molar refractivity (Wildman–Crippen MR) is 277 cm³/mol. The maximum absolute atomic E-state index is 15.4. The van der Waals surface area contributed by atoms with Gasteiger partial charge in [0.2, 0.25) is 5.91 Å². The van der Waals surface area contributed by atoms with E-state index in [1.54, 1.807) is 13.3 Å². The molecule has 6 aromatic rings. The van der Waals surface area contributed by atoms with Crippen LogP contribution >= 0.6 is 0 Å². The Morgan fingerprint density at radius 2 is 1.58 bits per heavy atom. The van der Waals surface area contributed by atoms with Gasteiger partial charge >= 0.3 is 0 Å². The molecule has 0 radical (unpaired) electrons. The molecule has 17 heteroatoms. The molecule has 0 aliphatic carbocycles. The van der Waals surface area contributed by atoms with Crippen LogP contribution in [0, 0.1) is 5.82 Å². The van der Waals surface area contributed by atoms with Crippen molar-refractivity contribution >= 4 is 45.7 Å². The van der Waals surface area contributed by atoms with Crippen molar-refractivity contribution in [3.05, 3.63) is 119 Å². The number of carbonyl (C=O) groups is 3. The zero-order valence-corrected chi connectivity index (χ0v) is 41.9. The van der Waals surface area contributed by atoms with E-state index in [-0.39, 0.29) is 42.0 Å². The molecule has 0 bridgehead atoms. The number of ketones is 1. The lowest BCUT2D eigenvalue weighted by Gasteiger charge is -2.32. The average Bonchev–Trinajstić information content (AvgIpc) is 4.08. The second-order valence-electron chi connectivity index (χ2n) is 19.7. The lowest BCUT2D eigenvalue weighted by atomic mass is 9.89. The summed E-state index contributed by atoms with van der Waals surface area (Å²) in [6.45, 7) is 11.5. The molecular weight excluding hydrogens is 912 g/mol. The van der Waals surface area contributed by atoms with Crippen molar-refractivity contribution in [2.45, 2.75) is 103 Å². The number of anilines is 3. The molecule has 16 nitrogen and oxygen atoms in total. The van der Waals surface area contributed by atoms with Crippen LogP contribution in [-0.2, 0) is 47.6 Å². The van der Waals surface area contributed by atoms with E-state index in [9.17, 15) is 14.4 Å². The largest absolute Gasteiger partial charge is 0.381 e. The van der Waals surface area contributed by atoms with Gasteiger partial charge in [0.1, 0.15) is 23.7 Å². The molecule has 2 unspecified atom stereocenters. The third-order valence-electron chi connectivity index (χ3n) is 15.1. The predicted octanol–water partition coefficient (Wildman–Crippen LogP) is 7.48. The van der Waals surface area contributed by atoms with E-state index in [4.69, 9.17) is 14.8 Å². The fourth-order valence-corrected chi connectivity index (χ4v) is 11.2. The van der Waals surface area contributed by atoms with E-state index >= 15 is 4.39 Å². The number of hydrogen-bond donors (Lipinski definition) is 4. The molecule has 5 aliphatic rings. The summed E-state index contributed by atoms with van der Waals surface area (Å²) in [6, 6.07) is 22.2. The van der Waals surface area contributed by atoms with Crippen LogP contribution in [0.4, 0.5) is 21.5 Å². The highest BCUT2D eigenvalue weighted by molar-refractivity contribution is 5.96. The summed E-state index contributed by atoms with van der Waals surface area (Å²) in [4.78, 5) is 54.1. The number of methoxy groups -OCH3 is 1. The number of aromatic nitrogens is 5. The summed E-state index contributed by atoms with van der Waals surface area (Å²) in [5.41, 5.74) is 11.6. The molecule has 72 heavy (non-hydrogen) atoms. The van der Waals surface area contributed by atoms with Crippen LogP contribution < -0.4 is 21.3 Å². The lowest BCUT2D eigenvalue weighted by molar-refractivity contribution is -0.123. The highest BCUT2D eigenvalue weighted by Crippen LogP contribution is 2.38. The van der Waals surface area contributed by atoms with Crippen LogP contribution in [0.15, 0.2) is 79.1 Å². The van der Waals surface area contributed by atoms with E-state index in [0.29, 0.717) is 68.5 Å². The maximum atomic E-state index is 15.4. The third-order valence-corrected chi connectivity index (χ3v) is 15.1. The number of pyridine rings is 2. The molecule has 3 saturated heterocycles. The molecule has 2 aromatic carbocycles. The first-order chi connectivity index (χ1) is 35.1. The summed E-state index contributed by atoms with van der Waals surface area (Å²) in [6.07, 6.45) is 7.88. The third kappa shape index (κ3) is 10.5. The molecule has 0 saturated carbocycles. The van der Waals surface area contributed by atoms with E-state index < -0.39 is 6.04 Å². The second-order valence-corrected chi connectivity index (χ2v) is 19.7. The molecule has 3 fully saturated rings. The lowest BCUT2D eigenvalue weighted by Crippen LogP contribution is -2.38. The van der Waals surface area contributed by atoms with Crippen LogP contribution in [0.3, 0.4) is 0 Å². The van der Waals surface area contributed by atoms with Crippen molar-refractivity contribution in [2.75, 3.05) is 68.9 Å². The number of halogens is 1. The number of carbonyl (C=O) groups excluding carboxylic acids is 3. The number of likely N-dealkylation sites (tertiary alicyclic amines) is 2. The monoisotopic (exact) mass is 979 g/mol. The van der Waals surface area contributed by atoms with E-state index in [0.717, 1.165) is 97.8 Å². The van der Waals surface area contributed by atoms with Crippen molar-refractivity contribution < 1.29 is 23.5 Å². The van der Waals surface area contributed by atoms with Gasteiger partial charge in [-0.05, 0) is 123 Å². The topological polar surface area (TPSA) is 167 Å². The van der Waals surface area contributed by atoms with Gasteiger partial charge in [0.25, 0.3) is 5.91 Å². The maximum Gasteiger partial charge on any atom is 0.254 e. The van der Waals surface area contributed by atoms with Crippen LogP contribution in [-0.4, -0.2) is 122 Å². The molecule has 2 amide bonds. The Hall–Kier alpha value is -6.69. The molecule has 0 spiro atoms. The van der Waals surface area contributed by atoms with Gasteiger partial charge < -0.3 is 35.5 Å². The zero-order valence-electron chi connectivity index (χ0n) is 41.9. The highest BCUT2D eigenvalue weighted by atomic mass is 19.1. The van der Waals surface area contributed by atoms with E-state index in [1.165, 1.54) is 22.9 Å². The van der Waals surface area contributed by atoms with Gasteiger partial charge in [-0.1, -0.05) is 32.0 Å². The van der Waals surface area contributed by atoms with Crippen molar-refractivity contribution in [3.63, 3.8) is 0 Å². The molecule has 378 valence electrons. The minimum atomic E-state index is -0.601. The van der Waals surface area contributed by atoms with Gasteiger partial charge in [0, 0.05) is 75.0 Å². The summed E-state index contributed by atoms with van der Waals surface area (Å²) in [5.74, 6) is -0.176. The minimum Gasteiger partial charge on any atom is -0.381 e. The quantitative estimate of drug-likeness (QED) is 0.0957. The first-order valence-electron chi connectivity index (χ1n) is 25.8. The smallest absolute Gasteiger partial charge is 0.254 e. The van der Waals surface area contributed by atoms with E-state index in [1.807, 2.05) is 41.8 Å². The van der Waals surface area contributed by atoms with Gasteiger partial charge in [-0.2, -0.15) is 5.10 Å². The number of benzene rings is 2. The van der Waals surface area contributed by atoms with Gasteiger partial charge in [-0.3, -0.25) is 33.8 Å². The van der Waals surface area contributed by atoms with Gasteiger partial charge in [0.15, 0.2) is 5.78 Å². The SMILES string of the molecule is CC.COCC1Nc2ccc(-c3ccnc4c3cc(CN3CCC(c5ccc(C(=O)N6CCn7nc(CN8CCC(c9ncc(NC%10CCC(=O)CNC%10=O)cc9F)CC8)cc7C6)cc5)CC3)n4C)cc2N1. The Labute approximate surface area is 420 Å². The first kappa shape index (κ1) is 48.9. The number of hydrogen-bond acceptors (Lipinski definition) is 12. The number of amides is 2. The number of nitrogens with one attached hydrogen (secondary N) is 4. The van der Waals surface area contributed by atoms with Crippen LogP contribution in [0.1, 0.15) is 103 Å². The Balaban J connectivity index is 0.00000295. The summed E-state index contributed by atoms with van der Waals surface area (Å²) in [5, 5.41) is 18.7. The molecule has 5 aliphatic heterocycles. The van der Waals surface area contributed by atoms with Crippen LogP contribution in [0.5, 0.6) is 0 Å². The molecule has 9 heterocycles. The Morgan fingerprint density at radius 1 is 0.833 bits per heavy atom. The van der Waals surface area contributed by atoms with Gasteiger partial charge in [-0.15, -0.1) is 0 Å². The number of fused-ring (bicyclic) bond motifs is 3. The average molecular weight is 979 g/mol. The van der Waals surface area contributed by atoms with Crippen molar-refractivity contribution in [2.24, 2.45) is 7.05 Å². The Kier molecular flexibility index (Phi) is 14.7. The van der Waals surface area contributed by atoms with Gasteiger partial charge in [0.05, 0.1) is 66.6 Å². The number of piperidine rings is 2. The second kappa shape index (κ2) is 21.6. The van der Waals surface area contributed by atoms with Crippen LogP contribution in [0.25, 0.3) is 22.2 Å². The number of nitrogens with zero attached hydrogens (tertiary/aromatic N) is 8. The van der Waals surface area contributed by atoms with Crippen LogP contribution in [0.2, 0.25) is 0 Å². The van der Waals surface area contributed by atoms with Gasteiger partial charge in [-0.25, -0.2) is 9.37 Å². The summed E-state index contributed by atoms with van der Waals surface area (Å²) >= 11 is 0. The Bertz CT molecular complexity index is 2920. The normalized spacial score (nSPS) is 19.9. The standard InChI is InChI=1S/C53H61FN12O4.C2H6/c1-62-40(26-44-43(11-16-55-51(44)62)37-7-9-46-48(23-37)60-49(59-46)32-70-2)30-64-17-12-34(13-18-64)33-3-5-36(6-4-33)53(69)65-21-22-66-41(31-65)24-39(61-66)29-63-19-14-35(15-20-63)50-45(54)25-38(27-56-50)58-47-10-8-42(67)28-57-52(47)68;1-2/h3-7,9,11,16,23-27,34-35,47,49,58-60H,8,10,12-15,17-22,28-32H2,1-2H3,(H,57,68);1-2H3. The zero-order chi connectivity index (χ0) is 49.9. The molecule has 4 aromatic heterocycles. The van der Waals surface area contributed by atoms with Crippen molar-refractivity contribution in [1.82, 2.24) is 44.3 Å². The summed E-state index contributed by atoms with van der Waals surface area (Å²) < 4.78 is 25.0. The number of rotatable bonds is 12. The molecule has 2 atom stereocenters. The molecule has 4 N–H and O–H groups in total. The Morgan fingerprint density at radius 3 is 2.35 bits per heavy atom. The molecule has 11 rings (SSSR count). The fourth-order valence-electron chi connectivity index (χ4n) is 11.2. The fraction of sp³-hybridized carbons (Fsp3) is 0.455. The number of Topliss-reactive ketones (excluding diaryl/α,β-unsaturated/α-hetero) is 1. The number of ether oxygens (including phenoxy) is 1. The summed E-state index contributed by atoms with van der Waals surface area (Å²) in [7, 11) is 3.84. The van der Waals surface area contributed by atoms with E-state index in [2.05, 4.69) is 96.2 Å².